The highest BCUT2D eigenvalue weighted by Crippen LogP contribution is 2.07. The van der Waals surface area contributed by atoms with E-state index in [4.69, 9.17) is 0 Å². The number of likely N-dealkylation sites (N-methyl/N-ethyl adjacent to an activating group) is 1. The predicted molar refractivity (Wildman–Crippen MR) is 75.1 cm³/mol. The maximum Gasteiger partial charge on any atom is 0.0236 e. The summed E-state index contributed by atoms with van der Waals surface area (Å²) in [5.74, 6) is 0. The van der Waals surface area contributed by atoms with E-state index in [0.717, 1.165) is 19.6 Å². The fourth-order valence-electron chi connectivity index (χ4n) is 1.93. The van der Waals surface area contributed by atoms with Crippen molar-refractivity contribution in [2.45, 2.75) is 46.3 Å². The highest BCUT2D eigenvalue weighted by molar-refractivity contribution is 5.14. The third-order valence-corrected chi connectivity index (χ3v) is 3.08. The third-order valence-electron chi connectivity index (χ3n) is 3.08. The normalized spacial score (nSPS) is 13.3. The summed E-state index contributed by atoms with van der Waals surface area (Å²) in [4.78, 5) is 2.50. The smallest absolute Gasteiger partial charge is 0.0236 e. The molecule has 1 aromatic rings. The van der Waals surface area contributed by atoms with Crippen LogP contribution in [0.1, 0.15) is 33.3 Å². The summed E-state index contributed by atoms with van der Waals surface area (Å²) >= 11 is 0. The molecule has 2 heteroatoms. The molecule has 0 bridgehead atoms. The zero-order valence-electron chi connectivity index (χ0n) is 11.6. The van der Waals surface area contributed by atoms with Gasteiger partial charge in [-0.05, 0) is 19.0 Å². The lowest BCUT2D eigenvalue weighted by Crippen LogP contribution is -2.41. The Morgan fingerprint density at radius 2 is 1.76 bits per heavy atom. The van der Waals surface area contributed by atoms with Gasteiger partial charge < -0.3 is 5.32 Å². The van der Waals surface area contributed by atoms with Crippen LogP contribution < -0.4 is 5.32 Å². The zero-order chi connectivity index (χ0) is 12.7. The Hall–Kier alpha value is -0.860. The average molecular weight is 234 g/mol. The Morgan fingerprint density at radius 3 is 2.29 bits per heavy atom. The Kier molecular flexibility index (Phi) is 6.23. The van der Waals surface area contributed by atoms with E-state index in [1.807, 2.05) is 0 Å². The Bertz CT molecular complexity index is 295. The van der Waals surface area contributed by atoms with Gasteiger partial charge in [0.1, 0.15) is 0 Å². The van der Waals surface area contributed by atoms with E-state index in [1.54, 1.807) is 0 Å². The fraction of sp³-hybridized carbons (Fsp3) is 0.600. The van der Waals surface area contributed by atoms with Crippen LogP contribution in [0, 0.1) is 0 Å². The molecule has 1 aromatic carbocycles. The Morgan fingerprint density at radius 1 is 1.12 bits per heavy atom. The molecule has 0 radical (unpaired) electrons. The zero-order valence-corrected chi connectivity index (χ0v) is 11.6. The SMILES string of the molecule is CCN(Cc1ccccc1)C(C)CNC(C)C. The number of benzene rings is 1. The van der Waals surface area contributed by atoms with Gasteiger partial charge in [0, 0.05) is 25.2 Å². The van der Waals surface area contributed by atoms with E-state index < -0.39 is 0 Å². The van der Waals surface area contributed by atoms with Crippen LogP contribution in [-0.2, 0) is 6.54 Å². The van der Waals surface area contributed by atoms with Gasteiger partial charge in [0.05, 0.1) is 0 Å². The van der Waals surface area contributed by atoms with Gasteiger partial charge in [-0.3, -0.25) is 4.90 Å². The van der Waals surface area contributed by atoms with Crippen molar-refractivity contribution >= 4 is 0 Å². The number of hydrogen-bond donors (Lipinski definition) is 1. The first-order chi connectivity index (χ1) is 8.13. The second kappa shape index (κ2) is 7.46. The molecule has 1 N–H and O–H groups in total. The monoisotopic (exact) mass is 234 g/mol. The van der Waals surface area contributed by atoms with Crippen LogP contribution in [0.15, 0.2) is 30.3 Å². The lowest BCUT2D eigenvalue weighted by Gasteiger charge is -2.28. The molecule has 0 saturated heterocycles. The van der Waals surface area contributed by atoms with Gasteiger partial charge in [0.15, 0.2) is 0 Å². The molecular formula is C15H26N2. The van der Waals surface area contributed by atoms with Crippen molar-refractivity contribution in [2.75, 3.05) is 13.1 Å². The lowest BCUT2D eigenvalue weighted by molar-refractivity contribution is 0.203. The molecule has 2 nitrogen and oxygen atoms in total. The lowest BCUT2D eigenvalue weighted by atomic mass is 10.2. The predicted octanol–water partition coefficient (Wildman–Crippen LogP) is 2.90. The maximum atomic E-state index is 3.50. The molecule has 1 rings (SSSR count). The van der Waals surface area contributed by atoms with Crippen LogP contribution in [-0.4, -0.2) is 30.1 Å². The Labute approximate surface area is 106 Å². The summed E-state index contributed by atoms with van der Waals surface area (Å²) in [6, 6.07) is 11.8. The second-order valence-corrected chi connectivity index (χ2v) is 4.96. The quantitative estimate of drug-likeness (QED) is 0.780. The molecule has 0 spiro atoms. The van der Waals surface area contributed by atoms with Crippen molar-refractivity contribution < 1.29 is 0 Å². The molecule has 0 fully saturated rings. The van der Waals surface area contributed by atoms with Crippen LogP contribution in [0.4, 0.5) is 0 Å². The molecule has 0 saturated carbocycles. The largest absolute Gasteiger partial charge is 0.313 e. The topological polar surface area (TPSA) is 15.3 Å². The van der Waals surface area contributed by atoms with Crippen LogP contribution in [0.2, 0.25) is 0 Å². The van der Waals surface area contributed by atoms with E-state index in [1.165, 1.54) is 5.56 Å². The summed E-state index contributed by atoms with van der Waals surface area (Å²) in [5.41, 5.74) is 1.39. The third kappa shape index (κ3) is 5.33. The van der Waals surface area contributed by atoms with Crippen LogP contribution >= 0.6 is 0 Å². The van der Waals surface area contributed by atoms with Gasteiger partial charge in [-0.1, -0.05) is 51.1 Å². The molecular weight excluding hydrogens is 208 g/mol. The minimum Gasteiger partial charge on any atom is -0.313 e. The standard InChI is InChI=1S/C15H26N2/c1-5-17(14(4)11-16-13(2)3)12-15-9-7-6-8-10-15/h6-10,13-14,16H,5,11-12H2,1-4H3. The van der Waals surface area contributed by atoms with Crippen molar-refractivity contribution in [2.24, 2.45) is 0 Å². The number of nitrogens with zero attached hydrogens (tertiary/aromatic N) is 1. The van der Waals surface area contributed by atoms with E-state index in [2.05, 4.69) is 68.2 Å². The van der Waals surface area contributed by atoms with Crippen LogP contribution in [0.5, 0.6) is 0 Å². The highest BCUT2D eigenvalue weighted by Gasteiger charge is 2.12. The average Bonchev–Trinajstić information content (AvgIpc) is 2.34. The first-order valence-electron chi connectivity index (χ1n) is 6.64. The van der Waals surface area contributed by atoms with Gasteiger partial charge in [-0.25, -0.2) is 0 Å². The highest BCUT2D eigenvalue weighted by atomic mass is 15.2. The molecule has 0 heterocycles. The summed E-state index contributed by atoms with van der Waals surface area (Å²) in [6.45, 7) is 12.1. The number of rotatable bonds is 7. The minimum atomic E-state index is 0.563. The summed E-state index contributed by atoms with van der Waals surface area (Å²) in [5, 5.41) is 3.50. The van der Waals surface area contributed by atoms with Gasteiger partial charge in [0.25, 0.3) is 0 Å². The van der Waals surface area contributed by atoms with Crippen molar-refractivity contribution in [3.05, 3.63) is 35.9 Å². The van der Waals surface area contributed by atoms with Gasteiger partial charge >= 0.3 is 0 Å². The summed E-state index contributed by atoms with van der Waals surface area (Å²) in [6.07, 6.45) is 0. The molecule has 96 valence electrons. The Balaban J connectivity index is 2.47. The summed E-state index contributed by atoms with van der Waals surface area (Å²) < 4.78 is 0. The molecule has 17 heavy (non-hydrogen) atoms. The minimum absolute atomic E-state index is 0.563. The molecule has 0 aliphatic carbocycles. The van der Waals surface area contributed by atoms with E-state index in [-0.39, 0.29) is 0 Å². The van der Waals surface area contributed by atoms with Gasteiger partial charge in [0.2, 0.25) is 0 Å². The molecule has 0 aromatic heterocycles. The van der Waals surface area contributed by atoms with Gasteiger partial charge in [-0.2, -0.15) is 0 Å². The number of hydrogen-bond acceptors (Lipinski definition) is 2. The van der Waals surface area contributed by atoms with Crippen molar-refractivity contribution in [1.82, 2.24) is 10.2 Å². The maximum absolute atomic E-state index is 3.50. The first-order valence-corrected chi connectivity index (χ1v) is 6.64. The van der Waals surface area contributed by atoms with E-state index >= 15 is 0 Å². The molecule has 1 unspecified atom stereocenters. The van der Waals surface area contributed by atoms with E-state index in [0.29, 0.717) is 12.1 Å². The van der Waals surface area contributed by atoms with Crippen molar-refractivity contribution in [3.8, 4) is 0 Å². The van der Waals surface area contributed by atoms with Crippen molar-refractivity contribution in [3.63, 3.8) is 0 Å². The fourth-order valence-corrected chi connectivity index (χ4v) is 1.93. The summed E-state index contributed by atoms with van der Waals surface area (Å²) in [7, 11) is 0. The second-order valence-electron chi connectivity index (χ2n) is 4.96. The van der Waals surface area contributed by atoms with Crippen LogP contribution in [0.25, 0.3) is 0 Å². The molecule has 1 atom stereocenters. The first kappa shape index (κ1) is 14.2. The molecule has 0 aliphatic heterocycles. The van der Waals surface area contributed by atoms with E-state index in [9.17, 15) is 0 Å². The molecule has 0 aliphatic rings. The van der Waals surface area contributed by atoms with Gasteiger partial charge in [-0.15, -0.1) is 0 Å². The van der Waals surface area contributed by atoms with Crippen LogP contribution in [0.3, 0.4) is 0 Å². The molecule has 0 amide bonds. The van der Waals surface area contributed by atoms with Crippen molar-refractivity contribution in [1.29, 1.82) is 0 Å². The number of nitrogens with one attached hydrogen (secondary N) is 1.